The standard InChI is InChI=1S/C21H26N2O2/c22-20(14-16-6-2-1-3-7-16)21(24)23-18-12-10-17(11-13-18)15-25-19-8-4-5-9-19/h1-3,6-7,10-13,19-20H,4-5,8-9,14-15,22H2,(H,23,24)/t20-/m0/s1. The van der Waals surface area contributed by atoms with Gasteiger partial charge in [-0.05, 0) is 42.5 Å². The Morgan fingerprint density at radius 3 is 2.40 bits per heavy atom. The molecule has 1 saturated carbocycles. The maximum atomic E-state index is 12.2. The Balaban J connectivity index is 1.47. The third-order valence-electron chi connectivity index (χ3n) is 4.64. The molecule has 25 heavy (non-hydrogen) atoms. The number of ether oxygens (including phenoxy) is 1. The van der Waals surface area contributed by atoms with E-state index in [9.17, 15) is 4.79 Å². The zero-order valence-electron chi connectivity index (χ0n) is 14.5. The van der Waals surface area contributed by atoms with E-state index in [-0.39, 0.29) is 5.91 Å². The minimum Gasteiger partial charge on any atom is -0.374 e. The smallest absolute Gasteiger partial charge is 0.241 e. The second-order valence-corrected chi connectivity index (χ2v) is 6.70. The fourth-order valence-corrected chi connectivity index (χ4v) is 3.15. The molecule has 0 spiro atoms. The van der Waals surface area contributed by atoms with Crippen molar-refractivity contribution in [2.75, 3.05) is 5.32 Å². The fourth-order valence-electron chi connectivity index (χ4n) is 3.15. The van der Waals surface area contributed by atoms with E-state index in [0.717, 1.165) is 16.8 Å². The minimum atomic E-state index is -0.562. The monoisotopic (exact) mass is 338 g/mol. The van der Waals surface area contributed by atoms with E-state index in [1.54, 1.807) is 0 Å². The van der Waals surface area contributed by atoms with E-state index in [1.807, 2.05) is 54.6 Å². The molecule has 1 fully saturated rings. The van der Waals surface area contributed by atoms with Crippen LogP contribution in [-0.4, -0.2) is 18.1 Å². The first-order valence-electron chi connectivity index (χ1n) is 9.01. The van der Waals surface area contributed by atoms with Crippen LogP contribution in [0.2, 0.25) is 0 Å². The quantitative estimate of drug-likeness (QED) is 0.810. The normalized spacial score (nSPS) is 15.9. The summed E-state index contributed by atoms with van der Waals surface area (Å²) in [5, 5.41) is 2.88. The lowest BCUT2D eigenvalue weighted by Gasteiger charge is -2.13. The SMILES string of the molecule is N[C@@H](Cc1ccccc1)C(=O)Nc1ccc(COC2CCCC2)cc1. The number of anilines is 1. The largest absolute Gasteiger partial charge is 0.374 e. The number of hydrogen-bond acceptors (Lipinski definition) is 3. The molecule has 1 amide bonds. The lowest BCUT2D eigenvalue weighted by molar-refractivity contribution is -0.117. The van der Waals surface area contributed by atoms with E-state index in [0.29, 0.717) is 19.1 Å². The number of carbonyl (C=O) groups excluding carboxylic acids is 1. The Morgan fingerprint density at radius 1 is 1.04 bits per heavy atom. The molecule has 1 atom stereocenters. The molecular weight excluding hydrogens is 312 g/mol. The van der Waals surface area contributed by atoms with Gasteiger partial charge in [0.25, 0.3) is 0 Å². The number of nitrogens with one attached hydrogen (secondary N) is 1. The second-order valence-electron chi connectivity index (χ2n) is 6.70. The molecule has 4 nitrogen and oxygen atoms in total. The Morgan fingerprint density at radius 2 is 1.72 bits per heavy atom. The number of carbonyl (C=O) groups is 1. The van der Waals surface area contributed by atoms with E-state index < -0.39 is 6.04 Å². The molecular formula is C21H26N2O2. The summed E-state index contributed by atoms with van der Waals surface area (Å²) < 4.78 is 5.91. The van der Waals surface area contributed by atoms with Gasteiger partial charge in [0.2, 0.25) is 5.91 Å². The van der Waals surface area contributed by atoms with Gasteiger partial charge < -0.3 is 15.8 Å². The molecule has 0 aromatic heterocycles. The molecule has 0 bridgehead atoms. The third-order valence-corrected chi connectivity index (χ3v) is 4.64. The molecule has 3 rings (SSSR count). The first-order chi connectivity index (χ1) is 12.2. The summed E-state index contributed by atoms with van der Waals surface area (Å²) in [5.74, 6) is -0.168. The Bertz CT molecular complexity index is 664. The molecule has 0 saturated heterocycles. The zero-order chi connectivity index (χ0) is 17.5. The Labute approximate surface area is 149 Å². The van der Waals surface area contributed by atoms with Crippen LogP contribution in [0.1, 0.15) is 36.8 Å². The first kappa shape index (κ1) is 17.6. The summed E-state index contributed by atoms with van der Waals surface area (Å²) in [4.78, 5) is 12.2. The summed E-state index contributed by atoms with van der Waals surface area (Å²) in [6.07, 6.45) is 5.84. The van der Waals surface area contributed by atoms with Gasteiger partial charge >= 0.3 is 0 Å². The molecule has 0 aliphatic heterocycles. The van der Waals surface area contributed by atoms with Crippen LogP contribution in [0.25, 0.3) is 0 Å². The van der Waals surface area contributed by atoms with Crippen LogP contribution in [0.3, 0.4) is 0 Å². The molecule has 2 aromatic rings. The van der Waals surface area contributed by atoms with Gasteiger partial charge in [0.1, 0.15) is 0 Å². The fraction of sp³-hybridized carbons (Fsp3) is 0.381. The van der Waals surface area contributed by atoms with Crippen molar-refractivity contribution >= 4 is 11.6 Å². The maximum absolute atomic E-state index is 12.2. The van der Waals surface area contributed by atoms with Crippen molar-refractivity contribution in [2.24, 2.45) is 5.73 Å². The van der Waals surface area contributed by atoms with Crippen molar-refractivity contribution in [3.8, 4) is 0 Å². The molecule has 0 radical (unpaired) electrons. The van der Waals surface area contributed by atoms with Crippen LogP contribution < -0.4 is 11.1 Å². The molecule has 3 N–H and O–H groups in total. The van der Waals surface area contributed by atoms with Gasteiger partial charge in [-0.2, -0.15) is 0 Å². The predicted octanol–water partition coefficient (Wildman–Crippen LogP) is 3.65. The lowest BCUT2D eigenvalue weighted by atomic mass is 10.1. The predicted molar refractivity (Wildman–Crippen MR) is 100 cm³/mol. The van der Waals surface area contributed by atoms with Crippen LogP contribution in [0.4, 0.5) is 5.69 Å². The second kappa shape index (κ2) is 8.79. The van der Waals surface area contributed by atoms with Gasteiger partial charge in [-0.15, -0.1) is 0 Å². The van der Waals surface area contributed by atoms with Gasteiger partial charge in [0, 0.05) is 5.69 Å². The number of benzene rings is 2. The van der Waals surface area contributed by atoms with Gasteiger partial charge in [0.05, 0.1) is 18.8 Å². The van der Waals surface area contributed by atoms with Gasteiger partial charge in [0.15, 0.2) is 0 Å². The number of nitrogens with two attached hydrogens (primary N) is 1. The molecule has 4 heteroatoms. The number of hydrogen-bond donors (Lipinski definition) is 2. The maximum Gasteiger partial charge on any atom is 0.241 e. The van der Waals surface area contributed by atoms with Crippen molar-refractivity contribution < 1.29 is 9.53 Å². The van der Waals surface area contributed by atoms with Gasteiger partial charge in [-0.1, -0.05) is 55.3 Å². The third kappa shape index (κ3) is 5.41. The summed E-state index contributed by atoms with van der Waals surface area (Å²) in [6.45, 7) is 0.631. The van der Waals surface area contributed by atoms with Crippen LogP contribution in [0, 0.1) is 0 Å². The first-order valence-corrected chi connectivity index (χ1v) is 9.01. The highest BCUT2D eigenvalue weighted by Crippen LogP contribution is 2.22. The average molecular weight is 338 g/mol. The Hall–Kier alpha value is -2.17. The summed E-state index contributed by atoms with van der Waals surface area (Å²) in [7, 11) is 0. The van der Waals surface area contributed by atoms with Gasteiger partial charge in [-0.25, -0.2) is 0 Å². The number of amides is 1. The van der Waals surface area contributed by atoms with Gasteiger partial charge in [-0.3, -0.25) is 4.79 Å². The van der Waals surface area contributed by atoms with Crippen LogP contribution in [0.15, 0.2) is 54.6 Å². The van der Waals surface area contributed by atoms with Crippen molar-refractivity contribution in [1.29, 1.82) is 0 Å². The highest BCUT2D eigenvalue weighted by atomic mass is 16.5. The summed E-state index contributed by atoms with van der Waals surface area (Å²) in [6, 6.07) is 17.0. The average Bonchev–Trinajstić information content (AvgIpc) is 3.15. The van der Waals surface area contributed by atoms with E-state index in [2.05, 4.69) is 5.32 Å². The molecule has 0 unspecified atom stereocenters. The molecule has 0 heterocycles. The minimum absolute atomic E-state index is 0.168. The van der Waals surface area contributed by atoms with Crippen LogP contribution in [0.5, 0.6) is 0 Å². The van der Waals surface area contributed by atoms with Crippen LogP contribution in [-0.2, 0) is 22.6 Å². The zero-order valence-corrected chi connectivity index (χ0v) is 14.5. The molecule has 132 valence electrons. The topological polar surface area (TPSA) is 64.4 Å². The Kier molecular flexibility index (Phi) is 6.20. The summed E-state index contributed by atoms with van der Waals surface area (Å²) >= 11 is 0. The number of rotatable bonds is 7. The molecule has 2 aromatic carbocycles. The van der Waals surface area contributed by atoms with Crippen molar-refractivity contribution in [3.63, 3.8) is 0 Å². The highest BCUT2D eigenvalue weighted by Gasteiger charge is 2.16. The highest BCUT2D eigenvalue weighted by molar-refractivity contribution is 5.94. The van der Waals surface area contributed by atoms with Crippen molar-refractivity contribution in [3.05, 3.63) is 65.7 Å². The van der Waals surface area contributed by atoms with Crippen molar-refractivity contribution in [1.82, 2.24) is 0 Å². The molecule has 1 aliphatic carbocycles. The lowest BCUT2D eigenvalue weighted by Crippen LogP contribution is -2.37. The van der Waals surface area contributed by atoms with E-state index in [4.69, 9.17) is 10.5 Å². The van der Waals surface area contributed by atoms with E-state index >= 15 is 0 Å². The summed E-state index contributed by atoms with van der Waals surface area (Å²) in [5.41, 5.74) is 8.96. The van der Waals surface area contributed by atoms with Crippen LogP contribution >= 0.6 is 0 Å². The van der Waals surface area contributed by atoms with Crippen molar-refractivity contribution in [2.45, 2.75) is 50.9 Å². The molecule has 1 aliphatic rings. The van der Waals surface area contributed by atoms with E-state index in [1.165, 1.54) is 25.7 Å².